The van der Waals surface area contributed by atoms with Gasteiger partial charge >= 0.3 is 5.69 Å². The number of carbonyl (C=O) groups excluding carboxylic acids is 1. The summed E-state index contributed by atoms with van der Waals surface area (Å²) in [7, 11) is 0. The minimum Gasteiger partial charge on any atom is -0.350 e. The van der Waals surface area contributed by atoms with E-state index in [2.05, 4.69) is 10.4 Å². The monoisotopic (exact) mass is 481 g/mol. The van der Waals surface area contributed by atoms with Crippen molar-refractivity contribution in [2.45, 2.75) is 53.2 Å². The normalized spacial score (nSPS) is 12.5. The van der Waals surface area contributed by atoms with Gasteiger partial charge in [0.1, 0.15) is 0 Å². The number of rotatable bonds is 7. The van der Waals surface area contributed by atoms with Gasteiger partial charge in [-0.15, -0.1) is 5.10 Å². The molecule has 1 N–H and O–H groups in total. The lowest BCUT2D eigenvalue weighted by atomic mass is 10.1. The SMILES string of the molecule is CCC(C)NC(=O)c1ccc2c(=O)n(CC(C)C)c3nn(Cc4cccc(Cl)c4)c(=O)n3c2c1. The van der Waals surface area contributed by atoms with Crippen molar-refractivity contribution in [2.75, 3.05) is 0 Å². The zero-order chi connectivity index (χ0) is 24.6. The molecule has 2 aromatic heterocycles. The average molecular weight is 482 g/mol. The van der Waals surface area contributed by atoms with Crippen molar-refractivity contribution in [3.05, 3.63) is 79.5 Å². The van der Waals surface area contributed by atoms with E-state index in [1.165, 1.54) is 13.6 Å². The van der Waals surface area contributed by atoms with Crippen LogP contribution in [-0.2, 0) is 13.1 Å². The first-order valence-corrected chi connectivity index (χ1v) is 11.8. The van der Waals surface area contributed by atoms with Crippen molar-refractivity contribution >= 4 is 34.2 Å². The largest absolute Gasteiger partial charge is 0.352 e. The van der Waals surface area contributed by atoms with Crippen LogP contribution in [0.1, 0.15) is 50.0 Å². The molecule has 178 valence electrons. The molecule has 4 rings (SSSR count). The number of amides is 1. The second kappa shape index (κ2) is 9.46. The van der Waals surface area contributed by atoms with Crippen LogP contribution in [0.3, 0.4) is 0 Å². The van der Waals surface area contributed by atoms with E-state index >= 15 is 0 Å². The molecule has 0 aliphatic rings. The predicted octanol–water partition coefficient (Wildman–Crippen LogP) is 3.70. The Morgan fingerprint density at radius 3 is 2.56 bits per heavy atom. The van der Waals surface area contributed by atoms with Crippen LogP contribution in [-0.4, -0.2) is 30.7 Å². The Labute approximate surface area is 201 Å². The molecule has 0 saturated heterocycles. The van der Waals surface area contributed by atoms with E-state index in [-0.39, 0.29) is 35.7 Å². The van der Waals surface area contributed by atoms with Gasteiger partial charge in [0.25, 0.3) is 11.5 Å². The van der Waals surface area contributed by atoms with E-state index in [1.807, 2.05) is 39.8 Å². The van der Waals surface area contributed by atoms with Crippen molar-refractivity contribution in [1.82, 2.24) is 24.1 Å². The highest BCUT2D eigenvalue weighted by atomic mass is 35.5. The summed E-state index contributed by atoms with van der Waals surface area (Å²) in [5.41, 5.74) is 0.916. The second-order valence-electron chi connectivity index (χ2n) is 9.03. The summed E-state index contributed by atoms with van der Waals surface area (Å²) in [5, 5.41) is 8.37. The van der Waals surface area contributed by atoms with Crippen molar-refractivity contribution in [1.29, 1.82) is 0 Å². The van der Waals surface area contributed by atoms with Crippen LogP contribution in [0.2, 0.25) is 5.02 Å². The molecule has 0 spiro atoms. The first-order chi connectivity index (χ1) is 16.2. The first kappa shape index (κ1) is 23.8. The Bertz CT molecular complexity index is 1500. The molecule has 9 heteroatoms. The smallest absolute Gasteiger partial charge is 0.350 e. The minimum absolute atomic E-state index is 0.00503. The number of carbonyl (C=O) groups is 1. The second-order valence-corrected chi connectivity index (χ2v) is 9.47. The summed E-state index contributed by atoms with van der Waals surface area (Å²) in [4.78, 5) is 39.6. The van der Waals surface area contributed by atoms with Crippen LogP contribution >= 0.6 is 11.6 Å². The number of nitrogens with zero attached hydrogens (tertiary/aromatic N) is 4. The molecule has 0 bridgehead atoms. The third kappa shape index (κ3) is 4.50. The van der Waals surface area contributed by atoms with E-state index in [4.69, 9.17) is 11.6 Å². The highest BCUT2D eigenvalue weighted by Crippen LogP contribution is 2.16. The summed E-state index contributed by atoms with van der Waals surface area (Å²) >= 11 is 6.11. The topological polar surface area (TPSA) is 90.4 Å². The molecular formula is C25H28ClN5O3. The van der Waals surface area contributed by atoms with E-state index in [1.54, 1.807) is 30.3 Å². The summed E-state index contributed by atoms with van der Waals surface area (Å²) in [5.74, 6) is 0.153. The molecular weight excluding hydrogens is 454 g/mol. The number of nitrogens with one attached hydrogen (secondary N) is 1. The maximum Gasteiger partial charge on any atom is 0.352 e. The van der Waals surface area contributed by atoms with Gasteiger partial charge in [-0.25, -0.2) is 13.9 Å². The van der Waals surface area contributed by atoms with Crippen LogP contribution < -0.4 is 16.6 Å². The van der Waals surface area contributed by atoms with Crippen LogP contribution in [0.4, 0.5) is 0 Å². The van der Waals surface area contributed by atoms with Crippen molar-refractivity contribution in [3.8, 4) is 0 Å². The molecule has 0 aliphatic carbocycles. The number of benzene rings is 2. The maximum atomic E-state index is 13.5. The van der Waals surface area contributed by atoms with Crippen LogP contribution in [0.5, 0.6) is 0 Å². The lowest BCUT2D eigenvalue weighted by molar-refractivity contribution is 0.0939. The Morgan fingerprint density at radius 2 is 1.88 bits per heavy atom. The van der Waals surface area contributed by atoms with Gasteiger partial charge < -0.3 is 5.32 Å². The van der Waals surface area contributed by atoms with Gasteiger partial charge in [0.15, 0.2) is 0 Å². The molecule has 0 saturated carbocycles. The molecule has 8 nitrogen and oxygen atoms in total. The fourth-order valence-corrected chi connectivity index (χ4v) is 4.12. The summed E-state index contributed by atoms with van der Waals surface area (Å²) in [6, 6.07) is 12.0. The van der Waals surface area contributed by atoms with Crippen molar-refractivity contribution in [3.63, 3.8) is 0 Å². The Morgan fingerprint density at radius 1 is 1.12 bits per heavy atom. The number of fused-ring (bicyclic) bond motifs is 3. The molecule has 0 fully saturated rings. The highest BCUT2D eigenvalue weighted by molar-refractivity contribution is 6.30. The van der Waals surface area contributed by atoms with E-state index < -0.39 is 5.69 Å². The molecule has 1 unspecified atom stereocenters. The van der Waals surface area contributed by atoms with Gasteiger partial charge in [-0.3, -0.25) is 14.2 Å². The number of hydrogen-bond acceptors (Lipinski definition) is 4. The van der Waals surface area contributed by atoms with E-state index in [0.717, 1.165) is 12.0 Å². The van der Waals surface area contributed by atoms with Gasteiger partial charge in [0, 0.05) is 23.2 Å². The number of hydrogen-bond donors (Lipinski definition) is 1. The zero-order valence-corrected chi connectivity index (χ0v) is 20.5. The predicted molar refractivity (Wildman–Crippen MR) is 134 cm³/mol. The van der Waals surface area contributed by atoms with E-state index in [0.29, 0.717) is 28.0 Å². The third-order valence-corrected chi connectivity index (χ3v) is 6.03. The number of aromatic nitrogens is 4. The number of halogens is 1. The summed E-state index contributed by atoms with van der Waals surface area (Å²) in [6.07, 6.45) is 0.791. The van der Waals surface area contributed by atoms with Gasteiger partial charge in [-0.1, -0.05) is 44.5 Å². The van der Waals surface area contributed by atoms with Gasteiger partial charge in [0.2, 0.25) is 5.78 Å². The fourth-order valence-electron chi connectivity index (χ4n) is 3.91. The van der Waals surface area contributed by atoms with E-state index in [9.17, 15) is 14.4 Å². The van der Waals surface area contributed by atoms with Crippen molar-refractivity contribution in [2.24, 2.45) is 5.92 Å². The molecule has 4 aromatic rings. The highest BCUT2D eigenvalue weighted by Gasteiger charge is 2.20. The lowest BCUT2D eigenvalue weighted by Gasteiger charge is -2.14. The molecule has 0 aliphatic heterocycles. The molecule has 0 radical (unpaired) electrons. The Hall–Kier alpha value is -3.39. The molecule has 2 heterocycles. The Kier molecular flexibility index (Phi) is 6.61. The maximum absolute atomic E-state index is 13.5. The first-order valence-electron chi connectivity index (χ1n) is 11.4. The van der Waals surface area contributed by atoms with Crippen LogP contribution in [0.25, 0.3) is 16.7 Å². The average Bonchev–Trinajstić information content (AvgIpc) is 3.11. The molecule has 1 atom stereocenters. The third-order valence-electron chi connectivity index (χ3n) is 5.80. The standard InChI is InChI=1S/C25H28ClN5O3/c1-5-16(4)27-22(32)18-9-10-20-21(12-18)31-24(29(23(20)33)13-15(2)3)28-30(25(31)34)14-17-7-6-8-19(26)11-17/h6-12,15-16H,5,13-14H2,1-4H3,(H,27,32). The molecule has 34 heavy (non-hydrogen) atoms. The summed E-state index contributed by atoms with van der Waals surface area (Å²) in [6.45, 7) is 8.51. The van der Waals surface area contributed by atoms with Crippen molar-refractivity contribution < 1.29 is 4.79 Å². The molecule has 2 aromatic carbocycles. The van der Waals surface area contributed by atoms with Crippen LogP contribution in [0, 0.1) is 5.92 Å². The van der Waals surface area contributed by atoms with Crippen LogP contribution in [0.15, 0.2) is 52.1 Å². The fraction of sp³-hybridized carbons (Fsp3) is 0.360. The van der Waals surface area contributed by atoms with Gasteiger partial charge in [-0.05, 0) is 55.2 Å². The summed E-state index contributed by atoms with van der Waals surface area (Å²) < 4.78 is 4.27. The quantitative estimate of drug-likeness (QED) is 0.436. The Balaban J connectivity index is 1.96. The zero-order valence-electron chi connectivity index (χ0n) is 19.7. The van der Waals surface area contributed by atoms with Gasteiger partial charge in [0.05, 0.1) is 17.4 Å². The minimum atomic E-state index is -0.392. The molecule has 1 amide bonds. The lowest BCUT2D eigenvalue weighted by Crippen LogP contribution is -2.32. The van der Waals surface area contributed by atoms with Gasteiger partial charge in [-0.2, -0.15) is 0 Å².